The lowest BCUT2D eigenvalue weighted by Crippen LogP contribution is -2.42. The molecule has 2 aliphatic carbocycles. The zero-order valence-corrected chi connectivity index (χ0v) is 18.8. The number of pyridine rings is 1. The molecule has 6 unspecified atom stereocenters. The second-order valence-corrected chi connectivity index (χ2v) is 11.4. The Bertz CT molecular complexity index is 1360. The number of thioether (sulfide) groups is 1. The molecule has 1 aromatic carbocycles. The standard InChI is InChI=1S/C24H18FN3O3S2/c25-11-3-5-12(6-4-11)28-22(29)17-13-8-14(18(17)23(28)30)19-16(13)15(10-2-1-7-26-9-10)20-21(32-19)27-24(31)33-20/h1-7,9,13-19H,8H2,(H,27,31)/t13?,14?,15-,16?,17?,18?,19?/m1/s1. The molecule has 4 aliphatic rings. The van der Waals surface area contributed by atoms with E-state index in [0.29, 0.717) is 5.69 Å². The van der Waals surface area contributed by atoms with Gasteiger partial charge in [0.15, 0.2) is 0 Å². The van der Waals surface area contributed by atoms with Crippen molar-refractivity contribution < 1.29 is 14.0 Å². The highest BCUT2D eigenvalue weighted by atomic mass is 32.2. The predicted octanol–water partition coefficient (Wildman–Crippen LogP) is 3.65. The summed E-state index contributed by atoms with van der Waals surface area (Å²) < 4.78 is 13.4. The van der Waals surface area contributed by atoms with Crippen molar-refractivity contribution in [2.75, 3.05) is 4.90 Å². The topological polar surface area (TPSA) is 83.1 Å². The molecule has 166 valence electrons. The molecule has 2 saturated carbocycles. The highest BCUT2D eigenvalue weighted by Gasteiger charge is 2.69. The van der Waals surface area contributed by atoms with E-state index < -0.39 is 5.82 Å². The Labute approximate surface area is 196 Å². The van der Waals surface area contributed by atoms with Gasteiger partial charge in [-0.25, -0.2) is 4.39 Å². The molecule has 3 fully saturated rings. The number of thiazole rings is 1. The molecule has 1 N–H and O–H groups in total. The van der Waals surface area contributed by atoms with Gasteiger partial charge in [-0.15, -0.1) is 11.8 Å². The Morgan fingerprint density at radius 2 is 1.79 bits per heavy atom. The highest BCUT2D eigenvalue weighted by molar-refractivity contribution is 8.00. The lowest BCUT2D eigenvalue weighted by Gasteiger charge is -2.42. The number of carbonyl (C=O) groups is 2. The summed E-state index contributed by atoms with van der Waals surface area (Å²) in [6.07, 6.45) is 4.42. The van der Waals surface area contributed by atoms with Gasteiger partial charge in [-0.2, -0.15) is 0 Å². The molecule has 2 aromatic heterocycles. The van der Waals surface area contributed by atoms with Gasteiger partial charge in [-0.1, -0.05) is 17.4 Å². The monoisotopic (exact) mass is 479 g/mol. The Morgan fingerprint density at radius 3 is 2.52 bits per heavy atom. The van der Waals surface area contributed by atoms with Crippen LogP contribution in [0.25, 0.3) is 0 Å². The van der Waals surface area contributed by atoms with Crippen LogP contribution in [-0.4, -0.2) is 27.0 Å². The average Bonchev–Trinajstić information content (AvgIpc) is 3.54. The molecule has 3 aromatic rings. The van der Waals surface area contributed by atoms with Gasteiger partial charge in [0.05, 0.1) is 22.5 Å². The van der Waals surface area contributed by atoms with Crippen molar-refractivity contribution >= 4 is 40.6 Å². The molecule has 6 nitrogen and oxygen atoms in total. The van der Waals surface area contributed by atoms with Crippen LogP contribution in [0.2, 0.25) is 0 Å². The van der Waals surface area contributed by atoms with E-state index in [-0.39, 0.29) is 57.4 Å². The molecule has 2 aliphatic heterocycles. The van der Waals surface area contributed by atoms with E-state index in [4.69, 9.17) is 0 Å². The van der Waals surface area contributed by atoms with Crippen LogP contribution in [0.4, 0.5) is 10.1 Å². The Morgan fingerprint density at radius 1 is 1.03 bits per heavy atom. The number of H-pyrrole nitrogens is 1. The van der Waals surface area contributed by atoms with Gasteiger partial charge in [0, 0.05) is 28.4 Å². The van der Waals surface area contributed by atoms with Crippen LogP contribution in [-0.2, 0) is 9.59 Å². The molecule has 2 amide bonds. The first kappa shape index (κ1) is 19.7. The fraction of sp³-hybridized carbons (Fsp3) is 0.333. The fourth-order valence-corrected chi connectivity index (χ4v) is 9.68. The van der Waals surface area contributed by atoms with Gasteiger partial charge >= 0.3 is 4.87 Å². The molecule has 9 heteroatoms. The quantitative estimate of drug-likeness (QED) is 0.568. The van der Waals surface area contributed by atoms with Crippen molar-refractivity contribution in [2.24, 2.45) is 29.6 Å². The number of amides is 2. The summed E-state index contributed by atoms with van der Waals surface area (Å²) in [4.78, 5) is 48.8. The van der Waals surface area contributed by atoms with E-state index in [9.17, 15) is 18.8 Å². The van der Waals surface area contributed by atoms with Crippen molar-refractivity contribution in [3.63, 3.8) is 0 Å². The van der Waals surface area contributed by atoms with E-state index >= 15 is 0 Å². The minimum absolute atomic E-state index is 0.0253. The molecular weight excluding hydrogens is 461 g/mol. The molecule has 7 atom stereocenters. The number of aromatic amines is 1. The molecule has 2 bridgehead atoms. The Kier molecular flexibility index (Phi) is 4.09. The van der Waals surface area contributed by atoms with Crippen molar-refractivity contribution in [2.45, 2.75) is 22.6 Å². The van der Waals surface area contributed by atoms with Gasteiger partial charge in [-0.3, -0.25) is 24.3 Å². The highest BCUT2D eigenvalue weighted by Crippen LogP contribution is 2.68. The minimum Gasteiger partial charge on any atom is -0.307 e. The van der Waals surface area contributed by atoms with Crippen LogP contribution < -0.4 is 9.77 Å². The number of nitrogens with zero attached hydrogens (tertiary/aromatic N) is 2. The normalized spacial score (nSPS) is 33.8. The van der Waals surface area contributed by atoms with E-state index in [2.05, 4.69) is 9.97 Å². The molecule has 1 saturated heterocycles. The number of halogens is 1. The van der Waals surface area contributed by atoms with E-state index in [1.807, 2.05) is 18.3 Å². The van der Waals surface area contributed by atoms with Crippen molar-refractivity contribution in [1.29, 1.82) is 0 Å². The molecule has 7 rings (SSSR count). The third kappa shape index (κ3) is 2.60. The lowest BCUT2D eigenvalue weighted by atomic mass is 9.68. The second-order valence-electron chi connectivity index (χ2n) is 9.24. The smallest absolute Gasteiger partial charge is 0.305 e. The SMILES string of the molecule is O=C1C2C3CC(C2C(=O)N1c1ccc(F)cc1)C1C3Sc2[nH]c(=O)sc2[C@@H]1c1cccnc1. The fourth-order valence-electron chi connectivity index (χ4n) is 6.79. The largest absolute Gasteiger partial charge is 0.307 e. The average molecular weight is 480 g/mol. The van der Waals surface area contributed by atoms with Gasteiger partial charge in [0.1, 0.15) is 5.82 Å². The minimum atomic E-state index is -0.403. The Hall–Kier alpha value is -2.78. The maximum atomic E-state index is 13.6. The first-order chi connectivity index (χ1) is 16.0. The Balaban J connectivity index is 1.33. The van der Waals surface area contributed by atoms with Crippen LogP contribution in [0.3, 0.4) is 0 Å². The van der Waals surface area contributed by atoms with Crippen LogP contribution in [0.15, 0.2) is 58.6 Å². The third-order valence-corrected chi connectivity index (χ3v) is 10.4. The number of imide groups is 1. The maximum absolute atomic E-state index is 13.6. The molecular formula is C24H18FN3O3S2. The number of hydrogen-bond acceptors (Lipinski definition) is 6. The number of aromatic nitrogens is 2. The van der Waals surface area contributed by atoms with E-state index in [1.54, 1.807) is 18.0 Å². The zero-order chi connectivity index (χ0) is 22.4. The molecule has 33 heavy (non-hydrogen) atoms. The predicted molar refractivity (Wildman–Crippen MR) is 122 cm³/mol. The van der Waals surface area contributed by atoms with E-state index in [0.717, 1.165) is 21.9 Å². The number of anilines is 1. The summed E-state index contributed by atoms with van der Waals surface area (Å²) in [5, 5.41) is 1.03. The van der Waals surface area contributed by atoms with Gasteiger partial charge in [-0.05, 0) is 60.1 Å². The van der Waals surface area contributed by atoms with Gasteiger partial charge in [0.25, 0.3) is 0 Å². The number of rotatable bonds is 2. The summed E-state index contributed by atoms with van der Waals surface area (Å²) in [7, 11) is 0. The number of fused-ring (bicyclic) bond motifs is 9. The number of nitrogens with one attached hydrogen (secondary N) is 1. The third-order valence-electron chi connectivity index (χ3n) is 7.85. The summed E-state index contributed by atoms with van der Waals surface area (Å²) in [5.74, 6) is -1.25. The second kappa shape index (κ2) is 6.87. The number of carbonyl (C=O) groups excluding carboxylic acids is 2. The van der Waals surface area contributed by atoms with Crippen LogP contribution in [0.5, 0.6) is 0 Å². The van der Waals surface area contributed by atoms with Crippen LogP contribution >= 0.6 is 23.1 Å². The summed E-state index contributed by atoms with van der Waals surface area (Å²) in [6.45, 7) is 0. The van der Waals surface area contributed by atoms with Crippen LogP contribution in [0.1, 0.15) is 22.8 Å². The molecule has 4 heterocycles. The molecule has 0 spiro atoms. The summed E-state index contributed by atoms with van der Waals surface area (Å²) in [6, 6.07) is 9.49. The summed E-state index contributed by atoms with van der Waals surface area (Å²) in [5.41, 5.74) is 1.48. The van der Waals surface area contributed by atoms with Gasteiger partial charge < -0.3 is 4.98 Å². The number of benzene rings is 1. The maximum Gasteiger partial charge on any atom is 0.305 e. The first-order valence-corrected chi connectivity index (χ1v) is 12.7. The lowest BCUT2D eigenvalue weighted by molar-refractivity contribution is -0.123. The van der Waals surface area contributed by atoms with Crippen molar-refractivity contribution in [3.05, 3.63) is 74.7 Å². The van der Waals surface area contributed by atoms with Crippen LogP contribution in [0, 0.1) is 35.4 Å². The number of hydrogen-bond donors (Lipinski definition) is 1. The summed E-state index contributed by atoms with van der Waals surface area (Å²) >= 11 is 2.90. The van der Waals surface area contributed by atoms with E-state index in [1.165, 1.54) is 40.5 Å². The van der Waals surface area contributed by atoms with Crippen molar-refractivity contribution in [1.82, 2.24) is 9.97 Å². The first-order valence-electron chi connectivity index (χ1n) is 11.0. The van der Waals surface area contributed by atoms with Crippen molar-refractivity contribution in [3.8, 4) is 0 Å². The zero-order valence-electron chi connectivity index (χ0n) is 17.2. The molecule has 0 radical (unpaired) electrons. The van der Waals surface area contributed by atoms with Gasteiger partial charge in [0.2, 0.25) is 11.8 Å².